The number of anilines is 2. The second-order valence-electron chi connectivity index (χ2n) is 3.28. The van der Waals surface area contributed by atoms with Crippen LogP contribution in [0.25, 0.3) is 0 Å². The van der Waals surface area contributed by atoms with Crippen LogP contribution < -0.4 is 5.12 Å². The molecule has 1 aromatic heterocycles. The normalized spacial score (nSPS) is 10.5. The van der Waals surface area contributed by atoms with Gasteiger partial charge in [-0.3, -0.25) is 0 Å². The van der Waals surface area contributed by atoms with E-state index in [9.17, 15) is 22.0 Å². The fourth-order valence-electron chi connectivity index (χ4n) is 1.29. The predicted octanol–water partition coefficient (Wildman–Crippen LogP) is 3.66. The standard InChI is InChI=1S/C11H5F5N2/c12-7-8(13)10(15)17-11(9(7)14)18(16)6-4-2-1-3-5-6/h1-5H. The van der Waals surface area contributed by atoms with E-state index in [2.05, 4.69) is 4.98 Å². The van der Waals surface area contributed by atoms with Crippen LogP contribution in [0, 0.1) is 23.4 Å². The minimum absolute atomic E-state index is 0.200. The molecule has 7 heteroatoms. The van der Waals surface area contributed by atoms with E-state index in [1.807, 2.05) is 0 Å². The Morgan fingerprint density at radius 1 is 0.833 bits per heavy atom. The molecular formula is C11H5F5N2. The summed E-state index contributed by atoms with van der Waals surface area (Å²) in [6, 6.07) is 6.86. The topological polar surface area (TPSA) is 16.1 Å². The quantitative estimate of drug-likeness (QED) is 0.465. The maximum atomic E-state index is 13.7. The second kappa shape index (κ2) is 4.59. The Labute approximate surface area is 98.2 Å². The number of hydrogen-bond acceptors (Lipinski definition) is 2. The summed E-state index contributed by atoms with van der Waals surface area (Å²) < 4.78 is 65.3. The van der Waals surface area contributed by atoms with E-state index in [1.165, 1.54) is 24.3 Å². The van der Waals surface area contributed by atoms with Gasteiger partial charge in [0.2, 0.25) is 23.3 Å². The number of nitrogens with zero attached hydrogens (tertiary/aromatic N) is 2. The highest BCUT2D eigenvalue weighted by Gasteiger charge is 2.25. The van der Waals surface area contributed by atoms with E-state index < -0.39 is 29.2 Å². The van der Waals surface area contributed by atoms with Crippen LogP contribution in [0.3, 0.4) is 0 Å². The molecule has 0 spiro atoms. The van der Waals surface area contributed by atoms with Gasteiger partial charge in [-0.2, -0.15) is 23.3 Å². The van der Waals surface area contributed by atoms with Crippen molar-refractivity contribution in [3.05, 3.63) is 53.7 Å². The number of hydrogen-bond donors (Lipinski definition) is 0. The van der Waals surface area contributed by atoms with Crippen LogP contribution >= 0.6 is 0 Å². The maximum Gasteiger partial charge on any atom is 0.254 e. The Morgan fingerprint density at radius 2 is 1.44 bits per heavy atom. The summed E-state index contributed by atoms with van der Waals surface area (Å²) in [6.45, 7) is 0. The average Bonchev–Trinajstić information content (AvgIpc) is 2.41. The molecule has 0 atom stereocenters. The molecule has 0 N–H and O–H groups in total. The molecule has 0 aliphatic heterocycles. The Bertz CT molecular complexity index is 573. The molecule has 1 aromatic carbocycles. The summed E-state index contributed by atoms with van der Waals surface area (Å²) in [5.74, 6) is -9.30. The third-order valence-electron chi connectivity index (χ3n) is 2.14. The number of para-hydroxylation sites is 1. The molecular weight excluding hydrogens is 255 g/mol. The van der Waals surface area contributed by atoms with Crippen molar-refractivity contribution >= 4 is 11.5 Å². The average molecular weight is 260 g/mol. The van der Waals surface area contributed by atoms with Gasteiger partial charge < -0.3 is 0 Å². The van der Waals surface area contributed by atoms with Crippen LogP contribution in [0.15, 0.2) is 30.3 Å². The smallest absolute Gasteiger partial charge is 0.200 e. The van der Waals surface area contributed by atoms with E-state index in [0.29, 0.717) is 0 Å². The Hall–Kier alpha value is -2.18. The molecule has 1 heterocycles. The number of pyridine rings is 1. The maximum absolute atomic E-state index is 13.7. The van der Waals surface area contributed by atoms with Crippen molar-refractivity contribution in [1.29, 1.82) is 0 Å². The lowest BCUT2D eigenvalue weighted by Crippen LogP contribution is -2.12. The monoisotopic (exact) mass is 260 g/mol. The molecule has 0 aliphatic rings. The van der Waals surface area contributed by atoms with Crippen molar-refractivity contribution in [3.8, 4) is 0 Å². The molecule has 18 heavy (non-hydrogen) atoms. The summed E-state index contributed by atoms with van der Waals surface area (Å²) in [5, 5.41) is -0.374. The number of rotatable bonds is 2. The third-order valence-corrected chi connectivity index (χ3v) is 2.14. The van der Waals surface area contributed by atoms with Gasteiger partial charge in [0.15, 0.2) is 0 Å². The number of halogens is 5. The predicted molar refractivity (Wildman–Crippen MR) is 53.8 cm³/mol. The molecule has 2 rings (SSSR count). The van der Waals surface area contributed by atoms with Gasteiger partial charge in [0.25, 0.3) is 5.95 Å². The molecule has 94 valence electrons. The molecule has 0 fully saturated rings. The zero-order valence-electron chi connectivity index (χ0n) is 8.67. The minimum Gasteiger partial charge on any atom is -0.200 e. The first-order chi connectivity index (χ1) is 8.52. The van der Waals surface area contributed by atoms with Gasteiger partial charge in [0, 0.05) is 0 Å². The summed E-state index contributed by atoms with van der Waals surface area (Å²) in [5.41, 5.74) is -0.200. The molecule has 0 amide bonds. The fraction of sp³-hybridized carbons (Fsp3) is 0. The largest absolute Gasteiger partial charge is 0.254 e. The van der Waals surface area contributed by atoms with Crippen LogP contribution in [0.5, 0.6) is 0 Å². The van der Waals surface area contributed by atoms with Crippen molar-refractivity contribution < 1.29 is 22.0 Å². The van der Waals surface area contributed by atoms with E-state index in [4.69, 9.17) is 0 Å². The lowest BCUT2D eigenvalue weighted by Gasteiger charge is -2.13. The van der Waals surface area contributed by atoms with Crippen LogP contribution in [0.4, 0.5) is 33.5 Å². The van der Waals surface area contributed by atoms with Crippen LogP contribution in [0.1, 0.15) is 0 Å². The zero-order valence-corrected chi connectivity index (χ0v) is 8.67. The molecule has 0 radical (unpaired) electrons. The Kier molecular flexibility index (Phi) is 3.14. The van der Waals surface area contributed by atoms with Gasteiger partial charge in [0.05, 0.1) is 5.69 Å². The highest BCUT2D eigenvalue weighted by molar-refractivity contribution is 5.57. The Morgan fingerprint density at radius 3 is 2.06 bits per heavy atom. The van der Waals surface area contributed by atoms with Crippen molar-refractivity contribution in [2.45, 2.75) is 0 Å². The van der Waals surface area contributed by atoms with Gasteiger partial charge >= 0.3 is 0 Å². The highest BCUT2D eigenvalue weighted by Crippen LogP contribution is 2.28. The molecule has 0 saturated heterocycles. The van der Waals surface area contributed by atoms with Gasteiger partial charge in [-0.25, -0.2) is 4.39 Å². The molecule has 2 nitrogen and oxygen atoms in total. The van der Waals surface area contributed by atoms with E-state index in [1.54, 1.807) is 6.07 Å². The van der Waals surface area contributed by atoms with Crippen molar-refractivity contribution in [1.82, 2.24) is 4.98 Å². The van der Waals surface area contributed by atoms with Crippen LogP contribution in [0.2, 0.25) is 0 Å². The molecule has 0 unspecified atom stereocenters. The summed E-state index contributed by atoms with van der Waals surface area (Å²) >= 11 is 0. The van der Waals surface area contributed by atoms with E-state index in [0.717, 1.165) is 0 Å². The van der Waals surface area contributed by atoms with E-state index in [-0.39, 0.29) is 10.8 Å². The van der Waals surface area contributed by atoms with E-state index >= 15 is 0 Å². The summed E-state index contributed by atoms with van der Waals surface area (Å²) in [4.78, 5) is 2.70. The third kappa shape index (κ3) is 1.99. The van der Waals surface area contributed by atoms with Crippen molar-refractivity contribution in [2.75, 3.05) is 5.12 Å². The number of benzene rings is 1. The molecule has 0 aliphatic carbocycles. The van der Waals surface area contributed by atoms with Gasteiger partial charge in [-0.1, -0.05) is 22.7 Å². The van der Waals surface area contributed by atoms with Crippen LogP contribution in [-0.4, -0.2) is 4.98 Å². The summed E-state index contributed by atoms with van der Waals surface area (Å²) in [7, 11) is 0. The first kappa shape index (κ1) is 12.3. The Balaban J connectivity index is 2.52. The van der Waals surface area contributed by atoms with Crippen molar-refractivity contribution in [2.24, 2.45) is 0 Å². The van der Waals surface area contributed by atoms with Gasteiger partial charge in [-0.05, 0) is 12.1 Å². The highest BCUT2D eigenvalue weighted by atomic mass is 19.2. The minimum atomic E-state index is -2.11. The fourth-order valence-corrected chi connectivity index (χ4v) is 1.29. The zero-order chi connectivity index (χ0) is 13.3. The first-order valence-electron chi connectivity index (χ1n) is 4.73. The SMILES string of the molecule is Fc1nc(N(F)c2ccccc2)c(F)c(F)c1F. The lowest BCUT2D eigenvalue weighted by atomic mass is 10.3. The van der Waals surface area contributed by atoms with Gasteiger partial charge in [-0.15, -0.1) is 0 Å². The molecule has 0 saturated carbocycles. The second-order valence-corrected chi connectivity index (χ2v) is 3.28. The number of aromatic nitrogens is 1. The van der Waals surface area contributed by atoms with Crippen LogP contribution in [-0.2, 0) is 0 Å². The van der Waals surface area contributed by atoms with Crippen molar-refractivity contribution in [3.63, 3.8) is 0 Å². The molecule has 2 aromatic rings. The lowest BCUT2D eigenvalue weighted by molar-refractivity contribution is 0.380. The molecule has 0 bridgehead atoms. The summed E-state index contributed by atoms with van der Waals surface area (Å²) in [6.07, 6.45) is 0. The first-order valence-corrected chi connectivity index (χ1v) is 4.73. The van der Waals surface area contributed by atoms with Gasteiger partial charge in [0.1, 0.15) is 0 Å².